The Morgan fingerprint density at radius 3 is 2.48 bits per heavy atom. The number of halogens is 3. The molecule has 1 N–H and O–H groups in total. The lowest BCUT2D eigenvalue weighted by Gasteiger charge is -2.11. The third kappa shape index (κ3) is 3.54. The maximum absolute atomic E-state index is 12.7. The molecule has 0 aliphatic rings. The van der Waals surface area contributed by atoms with Crippen molar-refractivity contribution in [2.24, 2.45) is 0 Å². The van der Waals surface area contributed by atoms with E-state index in [1.165, 1.54) is 25.4 Å². The van der Waals surface area contributed by atoms with Gasteiger partial charge in [-0.25, -0.2) is 4.79 Å². The van der Waals surface area contributed by atoms with Crippen molar-refractivity contribution in [1.82, 2.24) is 15.1 Å². The average molecular weight is 351 g/mol. The molecule has 1 aromatic carbocycles. The van der Waals surface area contributed by atoms with Crippen molar-refractivity contribution >= 4 is 0 Å². The van der Waals surface area contributed by atoms with E-state index in [4.69, 9.17) is 4.74 Å². The highest BCUT2D eigenvalue weighted by molar-refractivity contribution is 5.66. The van der Waals surface area contributed by atoms with E-state index in [1.54, 1.807) is 6.07 Å². The van der Waals surface area contributed by atoms with Gasteiger partial charge in [0, 0.05) is 12.6 Å². The first-order chi connectivity index (χ1) is 11.9. The monoisotopic (exact) mass is 351 g/mol. The van der Waals surface area contributed by atoms with Crippen LogP contribution >= 0.6 is 0 Å². The molecule has 0 aliphatic carbocycles. The summed E-state index contributed by atoms with van der Waals surface area (Å²) in [6.45, 7) is 0. The van der Waals surface area contributed by atoms with Gasteiger partial charge in [-0.15, -0.1) is 0 Å². The minimum absolute atomic E-state index is 0.136. The Balaban J connectivity index is 1.99. The van der Waals surface area contributed by atoms with Crippen molar-refractivity contribution in [1.29, 1.82) is 0 Å². The number of nitrogens with zero attached hydrogens (tertiary/aromatic N) is 2. The fraction of sp³-hybridized carbons (Fsp3) is 0.188. The van der Waals surface area contributed by atoms with Crippen molar-refractivity contribution in [3.63, 3.8) is 0 Å². The van der Waals surface area contributed by atoms with Crippen LogP contribution in [0, 0.1) is 0 Å². The lowest BCUT2D eigenvalue weighted by molar-refractivity contribution is -0.137. The number of pyridine rings is 1. The van der Waals surface area contributed by atoms with Crippen molar-refractivity contribution in [3.05, 3.63) is 63.9 Å². The number of alkyl halides is 3. The van der Waals surface area contributed by atoms with Gasteiger partial charge in [0.1, 0.15) is 5.75 Å². The Kier molecular flexibility index (Phi) is 4.30. The molecular weight excluding hydrogens is 339 g/mol. The van der Waals surface area contributed by atoms with Gasteiger partial charge in [0.05, 0.1) is 23.9 Å². The van der Waals surface area contributed by atoms with E-state index >= 15 is 0 Å². The van der Waals surface area contributed by atoms with Crippen molar-refractivity contribution in [3.8, 4) is 17.1 Å². The quantitative estimate of drug-likeness (QED) is 0.781. The second-order valence-corrected chi connectivity index (χ2v) is 5.15. The van der Waals surface area contributed by atoms with Crippen molar-refractivity contribution in [2.75, 3.05) is 7.11 Å². The minimum Gasteiger partial charge on any atom is -0.496 e. The molecule has 0 atom stereocenters. The molecule has 0 bridgehead atoms. The van der Waals surface area contributed by atoms with Crippen LogP contribution < -0.4 is 10.5 Å². The number of aromatic nitrogens is 3. The van der Waals surface area contributed by atoms with E-state index in [0.717, 1.165) is 12.1 Å². The van der Waals surface area contributed by atoms with E-state index < -0.39 is 17.5 Å². The smallest absolute Gasteiger partial charge is 0.439 e. The summed E-state index contributed by atoms with van der Waals surface area (Å²) in [7, 11) is 1.44. The highest BCUT2D eigenvalue weighted by Crippen LogP contribution is 2.32. The number of rotatable bonds is 4. The summed E-state index contributed by atoms with van der Waals surface area (Å²) in [5, 5.41) is 3.63. The van der Waals surface area contributed by atoms with Gasteiger partial charge in [-0.3, -0.25) is 14.5 Å². The summed E-state index contributed by atoms with van der Waals surface area (Å²) in [6, 6.07) is 6.34. The molecule has 2 aromatic heterocycles. The third-order valence-electron chi connectivity index (χ3n) is 3.54. The molecule has 9 heteroatoms. The van der Waals surface area contributed by atoms with Gasteiger partial charge >= 0.3 is 11.9 Å². The SMILES string of the molecule is COc1ccnc(Cc2ccc(C(F)(F)F)cc2)c1-c1noc(=O)[nH]1. The van der Waals surface area contributed by atoms with Crippen LogP contribution in [0.4, 0.5) is 13.2 Å². The molecule has 0 amide bonds. The van der Waals surface area contributed by atoms with Crippen LogP contribution in [0.2, 0.25) is 0 Å². The molecule has 0 fully saturated rings. The molecule has 0 unspecified atom stereocenters. The van der Waals surface area contributed by atoms with Crippen LogP contribution in [0.1, 0.15) is 16.8 Å². The summed E-state index contributed by atoms with van der Waals surface area (Å²) < 4.78 is 47.7. The Morgan fingerprint density at radius 1 is 1.20 bits per heavy atom. The first-order valence-corrected chi connectivity index (χ1v) is 7.13. The molecule has 0 aliphatic heterocycles. The van der Waals surface area contributed by atoms with Crippen LogP contribution in [0.25, 0.3) is 11.4 Å². The topological polar surface area (TPSA) is 81.0 Å². The second kappa shape index (κ2) is 6.42. The Hall–Kier alpha value is -3.10. The molecule has 0 saturated carbocycles. The predicted octanol–water partition coefficient (Wildman–Crippen LogP) is 3.04. The van der Waals surface area contributed by atoms with Gasteiger partial charge in [-0.2, -0.15) is 13.2 Å². The zero-order chi connectivity index (χ0) is 18.0. The van der Waals surface area contributed by atoms with E-state index in [1.807, 2.05) is 0 Å². The summed E-state index contributed by atoms with van der Waals surface area (Å²) in [6.07, 6.45) is -2.67. The Morgan fingerprint density at radius 2 is 1.92 bits per heavy atom. The standard InChI is InChI=1S/C16H12F3N3O3/c1-24-12-6-7-20-11(13(12)14-21-15(23)25-22-14)8-9-2-4-10(5-3-9)16(17,18)19/h2-7H,8H2,1H3,(H,21,22,23). The largest absolute Gasteiger partial charge is 0.496 e. The number of H-pyrrole nitrogens is 1. The number of hydrogen-bond acceptors (Lipinski definition) is 5. The molecule has 2 heterocycles. The lowest BCUT2D eigenvalue weighted by Crippen LogP contribution is -2.05. The summed E-state index contributed by atoms with van der Waals surface area (Å²) in [5.74, 6) is -0.195. The zero-order valence-electron chi connectivity index (χ0n) is 12.9. The van der Waals surface area contributed by atoms with Crippen LogP contribution in [0.3, 0.4) is 0 Å². The molecule has 130 valence electrons. The minimum atomic E-state index is -4.39. The van der Waals surface area contributed by atoms with Gasteiger partial charge in [-0.05, 0) is 23.8 Å². The van der Waals surface area contributed by atoms with Crippen LogP contribution in [-0.2, 0) is 12.6 Å². The predicted molar refractivity (Wildman–Crippen MR) is 81.2 cm³/mol. The average Bonchev–Trinajstić information content (AvgIpc) is 3.00. The molecule has 6 nitrogen and oxygen atoms in total. The molecular formula is C16H12F3N3O3. The third-order valence-corrected chi connectivity index (χ3v) is 3.54. The van der Waals surface area contributed by atoms with E-state index in [2.05, 4.69) is 19.6 Å². The zero-order valence-corrected chi connectivity index (χ0v) is 12.9. The molecule has 0 spiro atoms. The summed E-state index contributed by atoms with van der Waals surface area (Å²) >= 11 is 0. The normalized spacial score (nSPS) is 11.5. The lowest BCUT2D eigenvalue weighted by atomic mass is 10.0. The molecule has 25 heavy (non-hydrogen) atoms. The first-order valence-electron chi connectivity index (χ1n) is 7.13. The molecule has 3 rings (SSSR count). The fourth-order valence-electron chi connectivity index (χ4n) is 2.39. The molecule has 0 radical (unpaired) electrons. The number of benzene rings is 1. The maximum atomic E-state index is 12.7. The number of hydrogen-bond donors (Lipinski definition) is 1. The van der Waals surface area contributed by atoms with Crippen LogP contribution in [0.5, 0.6) is 5.75 Å². The number of methoxy groups -OCH3 is 1. The van der Waals surface area contributed by atoms with Crippen molar-refractivity contribution < 1.29 is 22.4 Å². The van der Waals surface area contributed by atoms with Crippen LogP contribution in [0.15, 0.2) is 45.8 Å². The van der Waals surface area contributed by atoms with Crippen LogP contribution in [-0.4, -0.2) is 22.2 Å². The van der Waals surface area contributed by atoms with E-state index in [0.29, 0.717) is 22.6 Å². The maximum Gasteiger partial charge on any atom is 0.439 e. The van der Waals surface area contributed by atoms with Gasteiger partial charge in [0.25, 0.3) is 0 Å². The van der Waals surface area contributed by atoms with Gasteiger partial charge in [0.15, 0.2) is 5.82 Å². The Labute approximate surface area is 139 Å². The summed E-state index contributed by atoms with van der Waals surface area (Å²) in [4.78, 5) is 17.9. The number of aromatic amines is 1. The number of ether oxygens (including phenoxy) is 1. The van der Waals surface area contributed by atoms with Gasteiger partial charge in [0.2, 0.25) is 0 Å². The van der Waals surface area contributed by atoms with E-state index in [9.17, 15) is 18.0 Å². The number of nitrogens with one attached hydrogen (secondary N) is 1. The highest BCUT2D eigenvalue weighted by atomic mass is 19.4. The first kappa shape index (κ1) is 16.7. The molecule has 0 saturated heterocycles. The molecule has 3 aromatic rings. The van der Waals surface area contributed by atoms with Gasteiger partial charge < -0.3 is 4.74 Å². The second-order valence-electron chi connectivity index (χ2n) is 5.15. The fourth-order valence-corrected chi connectivity index (χ4v) is 2.39. The summed E-state index contributed by atoms with van der Waals surface area (Å²) in [5.41, 5.74) is 0.774. The highest BCUT2D eigenvalue weighted by Gasteiger charge is 2.30. The Bertz CT molecular complexity index is 930. The van der Waals surface area contributed by atoms with Crippen molar-refractivity contribution in [2.45, 2.75) is 12.6 Å². The van der Waals surface area contributed by atoms with Gasteiger partial charge in [-0.1, -0.05) is 17.3 Å². The van der Waals surface area contributed by atoms with E-state index in [-0.39, 0.29) is 12.2 Å².